The number of rotatable bonds is 4. The maximum atomic E-state index is 12.8. The van der Waals surface area contributed by atoms with Gasteiger partial charge in [-0.2, -0.15) is 5.10 Å². The average molecular weight is 385 g/mol. The van der Waals surface area contributed by atoms with Gasteiger partial charge >= 0.3 is 0 Å². The zero-order valence-electron chi connectivity index (χ0n) is 16.9. The molecule has 150 valence electrons. The van der Waals surface area contributed by atoms with E-state index in [1.165, 1.54) is 0 Å². The Bertz CT molecular complexity index is 884. The fourth-order valence-electron chi connectivity index (χ4n) is 3.16. The molecule has 8 nitrogen and oxygen atoms in total. The summed E-state index contributed by atoms with van der Waals surface area (Å²) in [6, 6.07) is 4.81. The Morgan fingerprint density at radius 1 is 1.29 bits per heavy atom. The second-order valence-corrected chi connectivity index (χ2v) is 7.90. The monoisotopic (exact) mass is 385 g/mol. The van der Waals surface area contributed by atoms with Crippen LogP contribution in [0.15, 0.2) is 30.6 Å². The van der Waals surface area contributed by atoms with E-state index in [4.69, 9.17) is 4.74 Å². The highest BCUT2D eigenvalue weighted by molar-refractivity contribution is 6.00. The molecule has 2 aromatic rings. The molecule has 2 N–H and O–H groups in total. The van der Waals surface area contributed by atoms with Crippen molar-refractivity contribution in [2.75, 3.05) is 30.4 Å². The lowest BCUT2D eigenvalue weighted by Gasteiger charge is -2.34. The number of nitrogens with one attached hydrogen (secondary N) is 2. The minimum Gasteiger partial charge on any atom is -0.490 e. The molecule has 0 aliphatic carbocycles. The lowest BCUT2D eigenvalue weighted by atomic mass is 9.94. The van der Waals surface area contributed by atoms with Gasteiger partial charge in [0.15, 0.2) is 0 Å². The lowest BCUT2D eigenvalue weighted by Crippen LogP contribution is -2.44. The Hall–Kier alpha value is -2.87. The largest absolute Gasteiger partial charge is 0.490 e. The molecule has 0 radical (unpaired) electrons. The van der Waals surface area contributed by atoms with E-state index in [0.29, 0.717) is 30.3 Å². The summed E-state index contributed by atoms with van der Waals surface area (Å²) in [5.74, 6) is 0.448. The summed E-state index contributed by atoms with van der Waals surface area (Å²) in [6.07, 6.45) is 3.45. The van der Waals surface area contributed by atoms with Gasteiger partial charge in [0.2, 0.25) is 11.8 Å². The van der Waals surface area contributed by atoms with E-state index in [1.54, 1.807) is 54.3 Å². The zero-order valence-corrected chi connectivity index (χ0v) is 16.9. The van der Waals surface area contributed by atoms with Crippen LogP contribution in [0.3, 0.4) is 0 Å². The lowest BCUT2D eigenvalue weighted by molar-refractivity contribution is -0.126. The average Bonchev–Trinajstić information content (AvgIpc) is 3.06. The summed E-state index contributed by atoms with van der Waals surface area (Å²) in [7, 11) is 3.53. The van der Waals surface area contributed by atoms with E-state index in [0.717, 1.165) is 5.56 Å². The topological polar surface area (TPSA) is 88.5 Å². The Morgan fingerprint density at radius 2 is 2.04 bits per heavy atom. The molecule has 1 aliphatic heterocycles. The third-order valence-corrected chi connectivity index (χ3v) is 4.59. The van der Waals surface area contributed by atoms with Crippen molar-refractivity contribution in [1.29, 1.82) is 0 Å². The predicted molar refractivity (Wildman–Crippen MR) is 107 cm³/mol. The molecule has 3 rings (SSSR count). The van der Waals surface area contributed by atoms with Gasteiger partial charge in [0.05, 0.1) is 18.4 Å². The maximum absolute atomic E-state index is 12.8. The van der Waals surface area contributed by atoms with E-state index in [-0.39, 0.29) is 11.8 Å². The fraction of sp³-hybridized carbons (Fsp3) is 0.450. The van der Waals surface area contributed by atoms with Gasteiger partial charge in [-0.05, 0) is 25.2 Å². The number of carbonyl (C=O) groups excluding carboxylic acids is 2. The highest BCUT2D eigenvalue weighted by Crippen LogP contribution is 2.36. The van der Waals surface area contributed by atoms with Crippen LogP contribution in [-0.2, 0) is 16.6 Å². The fourth-order valence-corrected chi connectivity index (χ4v) is 3.16. The molecule has 0 saturated heterocycles. The van der Waals surface area contributed by atoms with Gasteiger partial charge < -0.3 is 20.3 Å². The van der Waals surface area contributed by atoms with Gasteiger partial charge in [0, 0.05) is 29.9 Å². The highest BCUT2D eigenvalue weighted by atomic mass is 16.5. The summed E-state index contributed by atoms with van der Waals surface area (Å²) in [4.78, 5) is 27.3. The first-order valence-electron chi connectivity index (χ1n) is 9.26. The molecule has 0 saturated carbocycles. The van der Waals surface area contributed by atoms with Crippen LogP contribution in [0.25, 0.3) is 0 Å². The van der Waals surface area contributed by atoms with Gasteiger partial charge in [-0.1, -0.05) is 20.8 Å². The number of ether oxygens (including phenoxy) is 1. The van der Waals surface area contributed by atoms with Crippen molar-refractivity contribution in [3.63, 3.8) is 0 Å². The number of nitrogens with zero attached hydrogens (tertiary/aromatic N) is 3. The molecule has 2 amide bonds. The minimum absolute atomic E-state index is 0.0176. The van der Waals surface area contributed by atoms with Crippen molar-refractivity contribution in [2.45, 2.75) is 26.8 Å². The Balaban J connectivity index is 1.84. The van der Waals surface area contributed by atoms with Crippen molar-refractivity contribution in [2.24, 2.45) is 12.5 Å². The first-order valence-corrected chi connectivity index (χ1v) is 9.26. The zero-order chi connectivity index (χ0) is 20.5. The molecule has 28 heavy (non-hydrogen) atoms. The Kier molecular flexibility index (Phi) is 5.42. The molecule has 0 spiro atoms. The van der Waals surface area contributed by atoms with E-state index in [2.05, 4.69) is 15.7 Å². The number of amides is 2. The van der Waals surface area contributed by atoms with Crippen molar-refractivity contribution in [3.05, 3.63) is 36.2 Å². The second-order valence-electron chi connectivity index (χ2n) is 7.90. The normalized spacial score (nSPS) is 14.8. The third kappa shape index (κ3) is 4.01. The standard InChI is InChI=1S/C20H27N5O3/c1-20(2,3)19(27)25-8-9-28-16-7-6-14(10-15(16)25)23-18(26)17(21-4)13-11-22-24(5)12-13/h6-7,10-12,17,21H,8-9H2,1-5H3,(H,23,26). The van der Waals surface area contributed by atoms with Crippen LogP contribution in [0.1, 0.15) is 32.4 Å². The van der Waals surface area contributed by atoms with E-state index in [9.17, 15) is 9.59 Å². The van der Waals surface area contributed by atoms with E-state index >= 15 is 0 Å². The molecule has 1 atom stereocenters. The quantitative estimate of drug-likeness (QED) is 0.841. The summed E-state index contributed by atoms with van der Waals surface area (Å²) in [6.45, 7) is 6.60. The van der Waals surface area contributed by atoms with Gasteiger partial charge in [-0.25, -0.2) is 0 Å². The van der Waals surface area contributed by atoms with E-state index in [1.807, 2.05) is 20.8 Å². The molecule has 0 fully saturated rings. The highest BCUT2D eigenvalue weighted by Gasteiger charge is 2.32. The van der Waals surface area contributed by atoms with Crippen molar-refractivity contribution in [1.82, 2.24) is 15.1 Å². The summed E-state index contributed by atoms with van der Waals surface area (Å²) >= 11 is 0. The smallest absolute Gasteiger partial charge is 0.246 e. The maximum Gasteiger partial charge on any atom is 0.246 e. The number of carbonyl (C=O) groups is 2. The van der Waals surface area contributed by atoms with Crippen LogP contribution in [0.2, 0.25) is 0 Å². The molecule has 1 aromatic carbocycles. The summed E-state index contributed by atoms with van der Waals surface area (Å²) < 4.78 is 7.34. The van der Waals surface area contributed by atoms with Crippen LogP contribution in [-0.4, -0.2) is 41.8 Å². The molecule has 1 unspecified atom stereocenters. The van der Waals surface area contributed by atoms with Gasteiger partial charge in [-0.15, -0.1) is 0 Å². The SMILES string of the molecule is CNC(C(=O)Nc1ccc2c(c1)N(C(=O)C(C)(C)C)CCO2)c1cnn(C)c1. The molecular weight excluding hydrogens is 358 g/mol. The van der Waals surface area contributed by atoms with Crippen molar-refractivity contribution in [3.8, 4) is 5.75 Å². The molecule has 1 aromatic heterocycles. The molecular formula is C20H27N5O3. The predicted octanol–water partition coefficient (Wildman–Crippen LogP) is 2.09. The summed E-state index contributed by atoms with van der Waals surface area (Å²) in [5, 5.41) is 10.0. The molecule has 0 bridgehead atoms. The van der Waals surface area contributed by atoms with Crippen molar-refractivity contribution < 1.29 is 14.3 Å². The summed E-state index contributed by atoms with van der Waals surface area (Å²) in [5.41, 5.74) is 1.54. The van der Waals surface area contributed by atoms with Crippen LogP contribution in [0, 0.1) is 5.41 Å². The number of benzene rings is 1. The second kappa shape index (κ2) is 7.63. The Morgan fingerprint density at radius 3 is 2.64 bits per heavy atom. The number of likely N-dealkylation sites (N-methyl/N-ethyl adjacent to an activating group) is 1. The number of fused-ring (bicyclic) bond motifs is 1. The number of hydrogen-bond acceptors (Lipinski definition) is 5. The molecule has 8 heteroatoms. The van der Waals surface area contributed by atoms with Crippen LogP contribution < -0.4 is 20.3 Å². The Labute approximate surface area is 164 Å². The van der Waals surface area contributed by atoms with Crippen LogP contribution in [0.4, 0.5) is 11.4 Å². The van der Waals surface area contributed by atoms with Crippen LogP contribution in [0.5, 0.6) is 5.75 Å². The number of hydrogen-bond donors (Lipinski definition) is 2. The van der Waals surface area contributed by atoms with E-state index < -0.39 is 11.5 Å². The van der Waals surface area contributed by atoms with Crippen molar-refractivity contribution >= 4 is 23.2 Å². The first-order chi connectivity index (χ1) is 13.2. The number of aryl methyl sites for hydroxylation is 1. The first kappa shape index (κ1) is 19.9. The molecule has 1 aliphatic rings. The number of aromatic nitrogens is 2. The van der Waals surface area contributed by atoms with Gasteiger partial charge in [0.25, 0.3) is 0 Å². The van der Waals surface area contributed by atoms with Gasteiger partial charge in [0.1, 0.15) is 18.4 Å². The number of anilines is 2. The minimum atomic E-state index is -0.534. The van der Waals surface area contributed by atoms with Crippen LogP contribution >= 0.6 is 0 Å². The third-order valence-electron chi connectivity index (χ3n) is 4.59. The van der Waals surface area contributed by atoms with Gasteiger partial charge in [-0.3, -0.25) is 14.3 Å². The molecule has 2 heterocycles.